The third-order valence-electron chi connectivity index (χ3n) is 2.77. The lowest BCUT2D eigenvalue weighted by atomic mass is 10.4. The fourth-order valence-corrected chi connectivity index (χ4v) is 3.27. The minimum absolute atomic E-state index is 0.0890. The molecule has 0 atom stereocenters. The van der Waals surface area contributed by atoms with E-state index in [2.05, 4.69) is 4.98 Å². The van der Waals surface area contributed by atoms with Gasteiger partial charge in [0.2, 0.25) is 0 Å². The van der Waals surface area contributed by atoms with Crippen LogP contribution in [0, 0.1) is 5.82 Å². The molecule has 19 heavy (non-hydrogen) atoms. The molecule has 2 aromatic heterocycles. The van der Waals surface area contributed by atoms with Crippen LogP contribution in [0.3, 0.4) is 0 Å². The molecule has 0 radical (unpaired) electrons. The van der Waals surface area contributed by atoms with Crippen LogP contribution >= 0.6 is 0 Å². The maximum atomic E-state index is 13.2. The summed E-state index contributed by atoms with van der Waals surface area (Å²) in [7, 11) is -3.81. The molecule has 3 aromatic rings. The molecular weight excluding hydrogens is 267 g/mol. The number of hydrogen-bond donors (Lipinski definition) is 0. The van der Waals surface area contributed by atoms with Crippen LogP contribution in [0.25, 0.3) is 11.0 Å². The third-order valence-corrected chi connectivity index (χ3v) is 4.46. The lowest BCUT2D eigenvalue weighted by Crippen LogP contribution is -2.11. The Bertz CT molecular complexity index is 856. The monoisotopic (exact) mass is 276 g/mol. The summed E-state index contributed by atoms with van der Waals surface area (Å²) in [5, 5.41) is 0. The van der Waals surface area contributed by atoms with Crippen molar-refractivity contribution < 1.29 is 12.8 Å². The molecule has 6 heteroatoms. The number of fused-ring (bicyclic) bond motifs is 1. The molecule has 0 saturated heterocycles. The summed E-state index contributed by atoms with van der Waals surface area (Å²) in [6.45, 7) is 0. The Balaban J connectivity index is 2.26. The highest BCUT2D eigenvalue weighted by molar-refractivity contribution is 7.90. The predicted octanol–water partition coefficient (Wildman–Crippen LogP) is 2.41. The highest BCUT2D eigenvalue weighted by atomic mass is 32.2. The summed E-state index contributed by atoms with van der Waals surface area (Å²) < 4.78 is 39.1. The van der Waals surface area contributed by atoms with Gasteiger partial charge in [0.05, 0.1) is 15.9 Å². The van der Waals surface area contributed by atoms with Gasteiger partial charge in [-0.25, -0.2) is 16.8 Å². The van der Waals surface area contributed by atoms with Crippen molar-refractivity contribution in [2.75, 3.05) is 0 Å². The molecule has 4 nitrogen and oxygen atoms in total. The van der Waals surface area contributed by atoms with Crippen LogP contribution in [-0.2, 0) is 10.0 Å². The first-order valence-electron chi connectivity index (χ1n) is 5.52. The second kappa shape index (κ2) is 4.17. The quantitative estimate of drug-likeness (QED) is 0.722. The van der Waals surface area contributed by atoms with Gasteiger partial charge >= 0.3 is 0 Å². The molecule has 0 fully saturated rings. The Labute approximate surface area is 109 Å². The van der Waals surface area contributed by atoms with Gasteiger partial charge < -0.3 is 0 Å². The maximum absolute atomic E-state index is 13.2. The number of aromatic nitrogens is 2. The first-order valence-corrected chi connectivity index (χ1v) is 6.96. The number of rotatable bonds is 2. The topological polar surface area (TPSA) is 52.0 Å². The van der Waals surface area contributed by atoms with Gasteiger partial charge in [0.1, 0.15) is 5.82 Å². The average molecular weight is 276 g/mol. The number of pyridine rings is 1. The molecule has 0 N–H and O–H groups in total. The zero-order valence-electron chi connectivity index (χ0n) is 9.69. The van der Waals surface area contributed by atoms with Gasteiger partial charge in [0, 0.05) is 12.4 Å². The van der Waals surface area contributed by atoms with Gasteiger partial charge in [-0.2, -0.15) is 0 Å². The number of benzene rings is 1. The van der Waals surface area contributed by atoms with Gasteiger partial charge in [0.25, 0.3) is 10.0 Å². The van der Waals surface area contributed by atoms with Crippen molar-refractivity contribution in [2.45, 2.75) is 4.90 Å². The van der Waals surface area contributed by atoms with Crippen LogP contribution in [0.5, 0.6) is 0 Å². The largest absolute Gasteiger partial charge is 0.268 e. The van der Waals surface area contributed by atoms with E-state index in [4.69, 9.17) is 0 Å². The van der Waals surface area contributed by atoms with Crippen molar-refractivity contribution in [2.24, 2.45) is 0 Å². The molecule has 2 heterocycles. The summed E-state index contributed by atoms with van der Waals surface area (Å²) in [5.41, 5.74) is 1.04. The van der Waals surface area contributed by atoms with E-state index in [-0.39, 0.29) is 4.90 Å². The van der Waals surface area contributed by atoms with E-state index >= 15 is 0 Å². The van der Waals surface area contributed by atoms with E-state index in [0.717, 1.165) is 10.0 Å². The summed E-state index contributed by atoms with van der Waals surface area (Å²) in [6.07, 6.45) is 3.00. The van der Waals surface area contributed by atoms with E-state index in [1.807, 2.05) is 0 Å². The highest BCUT2D eigenvalue weighted by Gasteiger charge is 2.19. The van der Waals surface area contributed by atoms with E-state index in [9.17, 15) is 12.8 Å². The van der Waals surface area contributed by atoms with E-state index in [1.54, 1.807) is 24.4 Å². The van der Waals surface area contributed by atoms with Crippen molar-refractivity contribution in [3.8, 4) is 0 Å². The van der Waals surface area contributed by atoms with Crippen LogP contribution in [-0.4, -0.2) is 17.4 Å². The normalized spacial score (nSPS) is 11.8. The number of nitrogens with zero attached hydrogens (tertiary/aromatic N) is 2. The van der Waals surface area contributed by atoms with Crippen LogP contribution in [0.15, 0.2) is 59.8 Å². The molecule has 96 valence electrons. The Morgan fingerprint density at radius 3 is 2.74 bits per heavy atom. The maximum Gasteiger partial charge on any atom is 0.268 e. The fraction of sp³-hybridized carbons (Fsp3) is 0. The van der Waals surface area contributed by atoms with Gasteiger partial charge in [-0.05, 0) is 36.4 Å². The Morgan fingerprint density at radius 1 is 1.11 bits per heavy atom. The second-order valence-corrected chi connectivity index (χ2v) is 5.80. The molecular formula is C13H9FN2O2S. The molecule has 0 aliphatic carbocycles. The zero-order valence-corrected chi connectivity index (χ0v) is 10.5. The fourth-order valence-electron chi connectivity index (χ4n) is 1.89. The minimum atomic E-state index is -3.81. The van der Waals surface area contributed by atoms with Crippen LogP contribution < -0.4 is 0 Å². The Kier molecular flexibility index (Phi) is 2.60. The van der Waals surface area contributed by atoms with E-state index in [0.29, 0.717) is 11.0 Å². The van der Waals surface area contributed by atoms with Crippen molar-refractivity contribution in [1.82, 2.24) is 8.96 Å². The van der Waals surface area contributed by atoms with Gasteiger partial charge in [-0.1, -0.05) is 6.07 Å². The molecule has 0 bridgehead atoms. The molecule has 0 unspecified atom stereocenters. The second-order valence-electron chi connectivity index (χ2n) is 3.98. The predicted molar refractivity (Wildman–Crippen MR) is 68.7 cm³/mol. The average Bonchev–Trinajstić information content (AvgIpc) is 2.83. The van der Waals surface area contributed by atoms with Crippen LogP contribution in [0.1, 0.15) is 0 Å². The first-order chi connectivity index (χ1) is 9.09. The highest BCUT2D eigenvalue weighted by Crippen LogP contribution is 2.21. The summed E-state index contributed by atoms with van der Waals surface area (Å²) >= 11 is 0. The summed E-state index contributed by atoms with van der Waals surface area (Å²) in [4.78, 5) is 3.98. The van der Waals surface area contributed by atoms with E-state index < -0.39 is 15.8 Å². The smallest absolute Gasteiger partial charge is 0.255 e. The lowest BCUT2D eigenvalue weighted by molar-refractivity contribution is 0.584. The van der Waals surface area contributed by atoms with Gasteiger partial charge in [0.15, 0.2) is 0 Å². The molecule has 1 aromatic carbocycles. The summed E-state index contributed by atoms with van der Waals surface area (Å²) in [6, 6.07) is 9.84. The molecule has 0 aliphatic rings. The zero-order chi connectivity index (χ0) is 13.5. The van der Waals surface area contributed by atoms with E-state index in [1.165, 1.54) is 24.4 Å². The number of hydrogen-bond acceptors (Lipinski definition) is 3. The van der Waals surface area contributed by atoms with Crippen LogP contribution in [0.4, 0.5) is 4.39 Å². The third kappa shape index (κ3) is 1.90. The Morgan fingerprint density at radius 2 is 1.95 bits per heavy atom. The molecule has 0 saturated carbocycles. The molecule has 0 spiro atoms. The first kappa shape index (κ1) is 11.9. The lowest BCUT2D eigenvalue weighted by Gasteiger charge is -2.07. The standard InChI is InChI=1S/C13H9FN2O2S/c14-10-3-1-4-11(9-10)19(17,18)16-8-6-12-13(16)5-2-7-15-12/h1-9H. The van der Waals surface area contributed by atoms with Gasteiger partial charge in [-0.15, -0.1) is 0 Å². The molecule has 0 aliphatic heterocycles. The van der Waals surface area contributed by atoms with Crippen molar-refractivity contribution in [3.63, 3.8) is 0 Å². The Hall–Kier alpha value is -2.21. The van der Waals surface area contributed by atoms with Crippen molar-refractivity contribution >= 4 is 21.1 Å². The molecule has 0 amide bonds. The molecule has 3 rings (SSSR count). The van der Waals surface area contributed by atoms with Gasteiger partial charge in [-0.3, -0.25) is 4.98 Å². The minimum Gasteiger partial charge on any atom is -0.255 e. The van der Waals surface area contributed by atoms with Crippen molar-refractivity contribution in [1.29, 1.82) is 0 Å². The van der Waals surface area contributed by atoms with Crippen molar-refractivity contribution in [3.05, 3.63) is 60.7 Å². The SMILES string of the molecule is O=S(=O)(c1cccc(F)c1)n1ccc2ncccc21. The number of halogens is 1. The summed E-state index contributed by atoms with van der Waals surface area (Å²) in [5.74, 6) is -0.587. The van der Waals surface area contributed by atoms with Crippen LogP contribution in [0.2, 0.25) is 0 Å².